The summed E-state index contributed by atoms with van der Waals surface area (Å²) < 4.78 is 4.92. The maximum Gasteiger partial charge on any atom is 0.348 e. The van der Waals surface area contributed by atoms with Gasteiger partial charge in [-0.15, -0.1) is 0 Å². The summed E-state index contributed by atoms with van der Waals surface area (Å²) in [6.07, 6.45) is 1.59. The van der Waals surface area contributed by atoms with Gasteiger partial charge in [0.1, 0.15) is 11.6 Å². The van der Waals surface area contributed by atoms with Crippen LogP contribution in [0.5, 0.6) is 0 Å². The van der Waals surface area contributed by atoms with Crippen molar-refractivity contribution < 1.29 is 9.53 Å². The number of benzene rings is 2. The summed E-state index contributed by atoms with van der Waals surface area (Å²) in [5, 5.41) is 11.3. The number of fused-ring (bicyclic) bond motifs is 1. The number of esters is 1. The molecule has 0 heterocycles. The molecule has 2 aromatic rings. The Morgan fingerprint density at radius 2 is 1.95 bits per heavy atom. The second-order valence-electron chi connectivity index (χ2n) is 5.01. The molecule has 0 fully saturated rings. The highest BCUT2D eigenvalue weighted by atomic mass is 16.5. The van der Waals surface area contributed by atoms with E-state index in [1.54, 1.807) is 13.0 Å². The van der Waals surface area contributed by atoms with Crippen LogP contribution >= 0.6 is 0 Å². The van der Waals surface area contributed by atoms with E-state index in [1.165, 1.54) is 0 Å². The fourth-order valence-corrected chi connectivity index (χ4v) is 2.34. The van der Waals surface area contributed by atoms with Crippen LogP contribution in [0.3, 0.4) is 0 Å². The Balaban J connectivity index is 2.65. The maximum absolute atomic E-state index is 11.8. The lowest BCUT2D eigenvalue weighted by Crippen LogP contribution is -2.09. The number of ether oxygens (including phenoxy) is 1. The van der Waals surface area contributed by atoms with E-state index in [0.717, 1.165) is 22.0 Å². The standard InChI is InChI=1S/C18H18N2O2/c1-4-22-18(21)15(12-19)11-14-9-5-7-13-8-6-10-16(17(13)14)20(2)3/h5-11H,4H2,1-3H3/b15-11+. The number of carbonyl (C=O) groups is 1. The molecule has 0 spiro atoms. The van der Waals surface area contributed by atoms with Gasteiger partial charge in [-0.2, -0.15) is 5.26 Å². The zero-order chi connectivity index (χ0) is 16.1. The summed E-state index contributed by atoms with van der Waals surface area (Å²) in [7, 11) is 3.93. The van der Waals surface area contributed by atoms with E-state index in [9.17, 15) is 10.1 Å². The molecule has 0 aliphatic heterocycles. The highest BCUT2D eigenvalue weighted by molar-refractivity contribution is 6.05. The summed E-state index contributed by atoms with van der Waals surface area (Å²) in [6.45, 7) is 1.96. The zero-order valence-electron chi connectivity index (χ0n) is 13.0. The molecule has 0 aliphatic carbocycles. The van der Waals surface area contributed by atoms with E-state index in [-0.39, 0.29) is 12.2 Å². The Morgan fingerprint density at radius 1 is 1.27 bits per heavy atom. The number of anilines is 1. The lowest BCUT2D eigenvalue weighted by molar-refractivity contribution is -0.137. The van der Waals surface area contributed by atoms with E-state index in [1.807, 2.05) is 61.5 Å². The lowest BCUT2D eigenvalue weighted by Gasteiger charge is -2.17. The molecule has 0 bridgehead atoms. The van der Waals surface area contributed by atoms with Crippen molar-refractivity contribution in [1.82, 2.24) is 0 Å². The molecule has 112 valence electrons. The van der Waals surface area contributed by atoms with Crippen molar-refractivity contribution in [3.63, 3.8) is 0 Å². The quantitative estimate of drug-likeness (QED) is 0.493. The number of carbonyl (C=O) groups excluding carboxylic acids is 1. The summed E-state index contributed by atoms with van der Waals surface area (Å²) in [5.74, 6) is -0.593. The molecular weight excluding hydrogens is 276 g/mol. The maximum atomic E-state index is 11.8. The van der Waals surface area contributed by atoms with Gasteiger partial charge < -0.3 is 9.64 Å². The van der Waals surface area contributed by atoms with Crippen LogP contribution in [0.1, 0.15) is 12.5 Å². The Kier molecular flexibility index (Phi) is 4.80. The van der Waals surface area contributed by atoms with Crippen LogP contribution < -0.4 is 4.90 Å². The average molecular weight is 294 g/mol. The zero-order valence-corrected chi connectivity index (χ0v) is 13.0. The van der Waals surface area contributed by atoms with Gasteiger partial charge in [0, 0.05) is 25.2 Å². The van der Waals surface area contributed by atoms with Crippen LogP contribution in [0.25, 0.3) is 16.8 Å². The molecule has 2 rings (SSSR count). The van der Waals surface area contributed by atoms with Crippen LogP contribution in [-0.4, -0.2) is 26.7 Å². The summed E-state index contributed by atoms with van der Waals surface area (Å²) >= 11 is 0. The predicted molar refractivity (Wildman–Crippen MR) is 88.5 cm³/mol. The number of nitriles is 1. The van der Waals surface area contributed by atoms with Gasteiger partial charge in [0.2, 0.25) is 0 Å². The number of hydrogen-bond acceptors (Lipinski definition) is 4. The Morgan fingerprint density at radius 3 is 2.55 bits per heavy atom. The van der Waals surface area contributed by atoms with E-state index < -0.39 is 5.97 Å². The SMILES string of the molecule is CCOC(=O)/C(C#N)=C/c1cccc2cccc(N(C)C)c12. The first-order chi connectivity index (χ1) is 10.6. The summed E-state index contributed by atoms with van der Waals surface area (Å²) in [6, 6.07) is 13.7. The summed E-state index contributed by atoms with van der Waals surface area (Å²) in [5.41, 5.74) is 1.86. The van der Waals surface area contributed by atoms with Gasteiger partial charge in [0.15, 0.2) is 0 Å². The second-order valence-corrected chi connectivity index (χ2v) is 5.01. The predicted octanol–water partition coefficient (Wildman–Crippen LogP) is 3.38. The number of nitrogens with zero attached hydrogens (tertiary/aromatic N) is 2. The van der Waals surface area contributed by atoms with Crippen LogP contribution in [0.4, 0.5) is 5.69 Å². The van der Waals surface area contributed by atoms with Gasteiger partial charge in [-0.3, -0.25) is 0 Å². The molecule has 0 amide bonds. The van der Waals surface area contributed by atoms with Gasteiger partial charge >= 0.3 is 5.97 Å². The molecular formula is C18H18N2O2. The van der Waals surface area contributed by atoms with Crippen LogP contribution in [0, 0.1) is 11.3 Å². The first-order valence-electron chi connectivity index (χ1n) is 7.06. The van der Waals surface area contributed by atoms with Crippen LogP contribution in [-0.2, 0) is 9.53 Å². The number of rotatable bonds is 4. The van der Waals surface area contributed by atoms with Crippen molar-refractivity contribution in [2.45, 2.75) is 6.92 Å². The van der Waals surface area contributed by atoms with Crippen molar-refractivity contribution in [1.29, 1.82) is 5.26 Å². The lowest BCUT2D eigenvalue weighted by atomic mass is 10.0. The molecule has 0 saturated carbocycles. The van der Waals surface area contributed by atoms with Crippen molar-refractivity contribution in [2.24, 2.45) is 0 Å². The smallest absolute Gasteiger partial charge is 0.348 e. The molecule has 4 heteroatoms. The molecule has 0 aliphatic rings. The van der Waals surface area contributed by atoms with Crippen LogP contribution in [0.2, 0.25) is 0 Å². The third-order valence-corrected chi connectivity index (χ3v) is 3.31. The van der Waals surface area contributed by atoms with E-state index in [0.29, 0.717) is 0 Å². The first-order valence-corrected chi connectivity index (χ1v) is 7.06. The second kappa shape index (κ2) is 6.77. The first kappa shape index (κ1) is 15.6. The van der Waals surface area contributed by atoms with E-state index >= 15 is 0 Å². The fraction of sp³-hybridized carbons (Fsp3) is 0.222. The fourth-order valence-electron chi connectivity index (χ4n) is 2.34. The minimum atomic E-state index is -0.593. The van der Waals surface area contributed by atoms with Gasteiger partial charge in [0.25, 0.3) is 0 Å². The molecule has 0 saturated heterocycles. The normalized spacial score (nSPS) is 11.1. The molecule has 0 radical (unpaired) electrons. The third kappa shape index (κ3) is 3.09. The molecule has 2 aromatic carbocycles. The minimum Gasteiger partial charge on any atom is -0.462 e. The molecule has 0 atom stereocenters. The van der Waals surface area contributed by atoms with Crippen molar-refractivity contribution >= 4 is 28.5 Å². The molecule has 0 N–H and O–H groups in total. The molecule has 0 aromatic heterocycles. The highest BCUT2D eigenvalue weighted by Gasteiger charge is 2.12. The van der Waals surface area contributed by atoms with E-state index in [4.69, 9.17) is 4.74 Å². The average Bonchev–Trinajstić information content (AvgIpc) is 2.52. The van der Waals surface area contributed by atoms with Crippen molar-refractivity contribution in [3.05, 3.63) is 47.5 Å². The Bertz CT molecular complexity index is 765. The Labute approximate surface area is 130 Å². The van der Waals surface area contributed by atoms with Gasteiger partial charge in [-0.25, -0.2) is 4.79 Å². The summed E-state index contributed by atoms with van der Waals surface area (Å²) in [4.78, 5) is 13.8. The Hall–Kier alpha value is -2.80. The largest absolute Gasteiger partial charge is 0.462 e. The van der Waals surface area contributed by atoms with Crippen LogP contribution in [0.15, 0.2) is 42.0 Å². The topological polar surface area (TPSA) is 53.3 Å². The third-order valence-electron chi connectivity index (χ3n) is 3.31. The number of hydrogen-bond donors (Lipinski definition) is 0. The molecule has 22 heavy (non-hydrogen) atoms. The van der Waals surface area contributed by atoms with Gasteiger partial charge in [0.05, 0.1) is 6.61 Å². The highest BCUT2D eigenvalue weighted by Crippen LogP contribution is 2.30. The van der Waals surface area contributed by atoms with Gasteiger partial charge in [-0.1, -0.05) is 30.3 Å². The van der Waals surface area contributed by atoms with Gasteiger partial charge in [-0.05, 0) is 30.0 Å². The van der Waals surface area contributed by atoms with Crippen molar-refractivity contribution in [2.75, 3.05) is 25.6 Å². The van der Waals surface area contributed by atoms with E-state index in [2.05, 4.69) is 0 Å². The molecule has 4 nitrogen and oxygen atoms in total. The molecule has 0 unspecified atom stereocenters. The van der Waals surface area contributed by atoms with Crippen molar-refractivity contribution in [3.8, 4) is 6.07 Å². The monoisotopic (exact) mass is 294 g/mol. The minimum absolute atomic E-state index is 0.00269.